The Balaban J connectivity index is 2.22. The van der Waals surface area contributed by atoms with Gasteiger partial charge in [0.15, 0.2) is 5.82 Å². The van der Waals surface area contributed by atoms with Gasteiger partial charge in [0.1, 0.15) is 5.15 Å². The van der Waals surface area contributed by atoms with Crippen LogP contribution in [-0.2, 0) is 0 Å². The van der Waals surface area contributed by atoms with Crippen molar-refractivity contribution in [2.45, 2.75) is 0 Å². The number of nitrogens with one attached hydrogen (secondary N) is 1. The molecule has 7 heteroatoms. The van der Waals surface area contributed by atoms with Crippen LogP contribution in [0.2, 0.25) is 10.2 Å². The van der Waals surface area contributed by atoms with E-state index in [9.17, 15) is 9.18 Å². The largest absolute Gasteiger partial charge is 0.319 e. The van der Waals surface area contributed by atoms with Gasteiger partial charge in [-0.1, -0.05) is 23.2 Å². The third-order valence-corrected chi connectivity index (χ3v) is 2.77. The molecule has 0 saturated carbocycles. The van der Waals surface area contributed by atoms with Gasteiger partial charge in [-0.15, -0.1) is 0 Å². The van der Waals surface area contributed by atoms with Gasteiger partial charge < -0.3 is 5.32 Å². The molecule has 0 radical (unpaired) electrons. The van der Waals surface area contributed by atoms with E-state index in [-0.39, 0.29) is 21.4 Å². The van der Waals surface area contributed by atoms with E-state index in [1.165, 1.54) is 24.5 Å². The lowest BCUT2D eigenvalue weighted by atomic mass is 10.2. The van der Waals surface area contributed by atoms with Crippen molar-refractivity contribution < 1.29 is 9.18 Å². The highest BCUT2D eigenvalue weighted by atomic mass is 35.5. The summed E-state index contributed by atoms with van der Waals surface area (Å²) in [6, 6.07) is 2.70. The highest BCUT2D eigenvalue weighted by molar-refractivity contribution is 6.41. The number of rotatable bonds is 2. The molecule has 0 unspecified atom stereocenters. The van der Waals surface area contributed by atoms with E-state index in [1.54, 1.807) is 0 Å². The summed E-state index contributed by atoms with van der Waals surface area (Å²) in [5.74, 6) is -1.16. The van der Waals surface area contributed by atoms with E-state index in [2.05, 4.69) is 15.3 Å². The van der Waals surface area contributed by atoms with Crippen molar-refractivity contribution in [1.29, 1.82) is 0 Å². The smallest absolute Gasteiger partial charge is 0.257 e. The van der Waals surface area contributed by atoms with Gasteiger partial charge >= 0.3 is 0 Å². The molecular weight excluding hydrogens is 280 g/mol. The number of anilines is 1. The zero-order valence-electron chi connectivity index (χ0n) is 8.82. The average molecular weight is 286 g/mol. The number of aromatic nitrogens is 2. The van der Waals surface area contributed by atoms with Crippen molar-refractivity contribution in [3.05, 3.63) is 52.3 Å². The van der Waals surface area contributed by atoms with E-state index in [0.717, 1.165) is 6.20 Å². The topological polar surface area (TPSA) is 54.9 Å². The van der Waals surface area contributed by atoms with Crippen molar-refractivity contribution in [3.8, 4) is 0 Å². The Morgan fingerprint density at radius 1 is 1.33 bits per heavy atom. The minimum atomic E-state index is -0.626. The summed E-state index contributed by atoms with van der Waals surface area (Å²) >= 11 is 11.4. The number of amides is 1. The first-order valence-corrected chi connectivity index (χ1v) is 5.55. The zero-order valence-corrected chi connectivity index (χ0v) is 10.3. The lowest BCUT2D eigenvalue weighted by molar-refractivity contribution is 0.102. The summed E-state index contributed by atoms with van der Waals surface area (Å²) in [5, 5.41) is 2.63. The second kappa shape index (κ2) is 5.29. The molecule has 2 aromatic heterocycles. The highest BCUT2D eigenvalue weighted by Crippen LogP contribution is 2.20. The Bertz CT molecular complexity index is 607. The van der Waals surface area contributed by atoms with Crippen LogP contribution in [0.3, 0.4) is 0 Å². The van der Waals surface area contributed by atoms with Gasteiger partial charge in [0.05, 0.1) is 22.5 Å². The fourth-order valence-electron chi connectivity index (χ4n) is 1.22. The minimum Gasteiger partial charge on any atom is -0.319 e. The summed E-state index contributed by atoms with van der Waals surface area (Å²) in [6.45, 7) is 0. The van der Waals surface area contributed by atoms with Gasteiger partial charge in [0, 0.05) is 12.4 Å². The molecule has 0 fully saturated rings. The summed E-state index contributed by atoms with van der Waals surface area (Å²) in [7, 11) is 0. The molecule has 18 heavy (non-hydrogen) atoms. The van der Waals surface area contributed by atoms with Crippen LogP contribution in [0, 0.1) is 5.82 Å². The maximum atomic E-state index is 13.3. The average Bonchev–Trinajstić information content (AvgIpc) is 2.35. The van der Waals surface area contributed by atoms with Gasteiger partial charge in [0.25, 0.3) is 5.91 Å². The number of pyridine rings is 2. The third-order valence-electron chi connectivity index (χ3n) is 2.08. The molecule has 0 atom stereocenters. The van der Waals surface area contributed by atoms with Crippen molar-refractivity contribution in [1.82, 2.24) is 9.97 Å². The van der Waals surface area contributed by atoms with Crippen molar-refractivity contribution in [3.63, 3.8) is 0 Å². The lowest BCUT2D eigenvalue weighted by Gasteiger charge is -2.06. The van der Waals surface area contributed by atoms with Crippen LogP contribution in [0.15, 0.2) is 30.7 Å². The Morgan fingerprint density at radius 2 is 2.11 bits per heavy atom. The van der Waals surface area contributed by atoms with Crippen molar-refractivity contribution >= 4 is 34.8 Å². The van der Waals surface area contributed by atoms with Crippen molar-refractivity contribution in [2.75, 3.05) is 5.32 Å². The first-order valence-electron chi connectivity index (χ1n) is 4.80. The maximum absolute atomic E-state index is 13.3. The molecule has 0 aromatic carbocycles. The first kappa shape index (κ1) is 12.7. The summed E-state index contributed by atoms with van der Waals surface area (Å²) in [5.41, 5.74) is 0.210. The van der Waals surface area contributed by atoms with Gasteiger partial charge in [0.2, 0.25) is 0 Å². The molecule has 2 aromatic rings. The Hall–Kier alpha value is -1.72. The Morgan fingerprint density at radius 3 is 2.78 bits per heavy atom. The number of carbonyl (C=O) groups excluding carboxylic acids is 1. The second-order valence-electron chi connectivity index (χ2n) is 3.31. The predicted octanol–water partition coefficient (Wildman–Crippen LogP) is 3.17. The molecule has 0 bridgehead atoms. The molecule has 0 aliphatic carbocycles. The normalized spacial score (nSPS) is 10.2. The Labute approximate surface area is 112 Å². The van der Waals surface area contributed by atoms with Crippen LogP contribution in [0.5, 0.6) is 0 Å². The van der Waals surface area contributed by atoms with Crippen LogP contribution in [0.4, 0.5) is 10.1 Å². The van der Waals surface area contributed by atoms with Crippen LogP contribution in [-0.4, -0.2) is 15.9 Å². The summed E-state index contributed by atoms with van der Waals surface area (Å²) < 4.78 is 13.3. The minimum absolute atomic E-state index is 0.0288. The fraction of sp³-hybridized carbons (Fsp3) is 0. The van der Waals surface area contributed by atoms with Gasteiger partial charge in [-0.05, 0) is 12.1 Å². The fourth-order valence-corrected chi connectivity index (χ4v) is 1.49. The first-order chi connectivity index (χ1) is 8.58. The quantitative estimate of drug-likeness (QED) is 0.863. The van der Waals surface area contributed by atoms with Crippen LogP contribution >= 0.6 is 23.2 Å². The molecule has 92 valence electrons. The third kappa shape index (κ3) is 2.75. The molecule has 2 heterocycles. The monoisotopic (exact) mass is 285 g/mol. The van der Waals surface area contributed by atoms with E-state index in [1.807, 2.05) is 0 Å². The van der Waals surface area contributed by atoms with Crippen LogP contribution in [0.25, 0.3) is 0 Å². The summed E-state index contributed by atoms with van der Waals surface area (Å²) in [6.07, 6.45) is 3.62. The molecule has 2 rings (SSSR count). The second-order valence-corrected chi connectivity index (χ2v) is 4.07. The number of hydrogen-bond donors (Lipinski definition) is 1. The molecule has 1 amide bonds. The van der Waals surface area contributed by atoms with E-state index in [4.69, 9.17) is 23.2 Å². The molecule has 0 aliphatic rings. The number of halogens is 3. The predicted molar refractivity (Wildman–Crippen MR) is 66.4 cm³/mol. The highest BCUT2D eigenvalue weighted by Gasteiger charge is 2.11. The van der Waals surface area contributed by atoms with Crippen molar-refractivity contribution in [2.24, 2.45) is 0 Å². The van der Waals surface area contributed by atoms with Gasteiger partial charge in [-0.25, -0.2) is 9.37 Å². The van der Waals surface area contributed by atoms with E-state index in [0.29, 0.717) is 0 Å². The lowest BCUT2D eigenvalue weighted by Crippen LogP contribution is -2.13. The van der Waals surface area contributed by atoms with E-state index >= 15 is 0 Å². The zero-order chi connectivity index (χ0) is 13.1. The molecule has 1 N–H and O–H groups in total. The maximum Gasteiger partial charge on any atom is 0.257 e. The van der Waals surface area contributed by atoms with Crippen LogP contribution < -0.4 is 5.32 Å². The standard InChI is InChI=1S/C11H6Cl2FN3O/c12-7-3-6(4-16-10(7)13)11(18)17-9-1-2-15-5-8(9)14/h1-5H,(H,15,17,18). The molecular formula is C11H6Cl2FN3O. The molecule has 4 nitrogen and oxygen atoms in total. The SMILES string of the molecule is O=C(Nc1ccncc1F)c1cnc(Cl)c(Cl)c1. The molecule has 0 spiro atoms. The van der Waals surface area contributed by atoms with Gasteiger partial charge in [-0.3, -0.25) is 9.78 Å². The summed E-state index contributed by atoms with van der Waals surface area (Å²) in [4.78, 5) is 19.1. The molecule has 0 aliphatic heterocycles. The molecule has 0 saturated heterocycles. The number of carbonyl (C=O) groups is 1. The van der Waals surface area contributed by atoms with Gasteiger partial charge in [-0.2, -0.15) is 0 Å². The van der Waals surface area contributed by atoms with Crippen LogP contribution in [0.1, 0.15) is 10.4 Å². The number of nitrogens with zero attached hydrogens (tertiary/aromatic N) is 2. The Kier molecular flexibility index (Phi) is 3.74. The van der Waals surface area contributed by atoms with E-state index < -0.39 is 11.7 Å². The number of hydrogen-bond acceptors (Lipinski definition) is 3.